The summed E-state index contributed by atoms with van der Waals surface area (Å²) in [5, 5.41) is 0. The zero-order valence-electron chi connectivity index (χ0n) is 10.5. The summed E-state index contributed by atoms with van der Waals surface area (Å²) in [6.45, 7) is 6.92. The minimum atomic E-state index is 0.289. The van der Waals surface area contributed by atoms with E-state index >= 15 is 0 Å². The Morgan fingerprint density at radius 1 is 1.19 bits per heavy atom. The van der Waals surface area contributed by atoms with Crippen molar-refractivity contribution in [2.75, 3.05) is 0 Å². The highest BCUT2D eigenvalue weighted by molar-refractivity contribution is 5.38. The molecule has 16 heavy (non-hydrogen) atoms. The van der Waals surface area contributed by atoms with Gasteiger partial charge in [-0.2, -0.15) is 0 Å². The molecule has 0 N–H and O–H groups in total. The number of hydrogen-bond donors (Lipinski definition) is 0. The van der Waals surface area contributed by atoms with Crippen LogP contribution in [0.2, 0.25) is 0 Å². The zero-order valence-corrected chi connectivity index (χ0v) is 10.5. The second-order valence-electron chi connectivity index (χ2n) is 5.51. The molecule has 1 atom stereocenters. The van der Waals surface area contributed by atoms with Gasteiger partial charge in [-0.1, -0.05) is 57.2 Å². The summed E-state index contributed by atoms with van der Waals surface area (Å²) in [5.41, 5.74) is 1.85. The quantitative estimate of drug-likeness (QED) is 0.643. The lowest BCUT2D eigenvalue weighted by Crippen LogP contribution is -2.05. The Morgan fingerprint density at radius 2 is 1.81 bits per heavy atom. The predicted octanol–water partition coefficient (Wildman–Crippen LogP) is 4.25. The maximum absolute atomic E-state index is 3.53. The van der Waals surface area contributed by atoms with Gasteiger partial charge in [0, 0.05) is 11.0 Å². The smallest absolute Gasteiger partial charge is 0.0375 e. The van der Waals surface area contributed by atoms with Crippen molar-refractivity contribution in [2.24, 2.45) is 10.8 Å². The van der Waals surface area contributed by atoms with Crippen molar-refractivity contribution in [1.29, 1.82) is 0 Å². The molecule has 1 fully saturated rings. The molecule has 0 heterocycles. The summed E-state index contributed by atoms with van der Waals surface area (Å²) in [6.07, 6.45) is 3.72. The van der Waals surface area contributed by atoms with Crippen molar-refractivity contribution in [1.82, 2.24) is 0 Å². The SMILES string of the molecule is CCCC1(C#Cc2ccccc2)CC1(C)C. The highest BCUT2D eigenvalue weighted by Crippen LogP contribution is 2.65. The van der Waals surface area contributed by atoms with E-state index in [9.17, 15) is 0 Å². The molecule has 84 valence electrons. The molecular formula is C16H20. The Hall–Kier alpha value is -1.22. The number of rotatable bonds is 2. The van der Waals surface area contributed by atoms with Crippen LogP contribution in [0.15, 0.2) is 30.3 Å². The summed E-state index contributed by atoms with van der Waals surface area (Å²) in [7, 11) is 0. The van der Waals surface area contributed by atoms with Crippen molar-refractivity contribution in [2.45, 2.75) is 40.0 Å². The predicted molar refractivity (Wildman–Crippen MR) is 69.1 cm³/mol. The van der Waals surface area contributed by atoms with E-state index < -0.39 is 0 Å². The van der Waals surface area contributed by atoms with Crippen LogP contribution < -0.4 is 0 Å². The van der Waals surface area contributed by atoms with E-state index in [2.05, 4.69) is 56.9 Å². The molecule has 0 radical (unpaired) electrons. The molecule has 1 unspecified atom stereocenters. The van der Waals surface area contributed by atoms with Gasteiger partial charge in [-0.25, -0.2) is 0 Å². The average molecular weight is 212 g/mol. The minimum absolute atomic E-state index is 0.289. The molecule has 0 aromatic heterocycles. The van der Waals surface area contributed by atoms with Crippen LogP contribution in [0.3, 0.4) is 0 Å². The van der Waals surface area contributed by atoms with E-state index in [1.165, 1.54) is 19.3 Å². The van der Waals surface area contributed by atoms with Gasteiger partial charge in [0.1, 0.15) is 0 Å². The fraction of sp³-hybridized carbons (Fsp3) is 0.500. The first-order chi connectivity index (χ1) is 7.60. The largest absolute Gasteiger partial charge is 0.0905 e. The van der Waals surface area contributed by atoms with E-state index in [0.717, 1.165) is 5.56 Å². The molecule has 1 aromatic rings. The van der Waals surface area contributed by atoms with Crippen molar-refractivity contribution >= 4 is 0 Å². The molecule has 1 aromatic carbocycles. The fourth-order valence-electron chi connectivity index (χ4n) is 2.55. The zero-order chi connectivity index (χ0) is 11.6. The Morgan fingerprint density at radius 3 is 2.31 bits per heavy atom. The maximum Gasteiger partial charge on any atom is 0.0375 e. The summed E-state index contributed by atoms with van der Waals surface area (Å²) >= 11 is 0. The third-order valence-corrected chi connectivity index (χ3v) is 3.81. The van der Waals surface area contributed by atoms with Gasteiger partial charge in [-0.05, 0) is 30.4 Å². The monoisotopic (exact) mass is 212 g/mol. The van der Waals surface area contributed by atoms with E-state index in [-0.39, 0.29) is 5.41 Å². The van der Waals surface area contributed by atoms with Crippen molar-refractivity contribution < 1.29 is 0 Å². The fourth-order valence-corrected chi connectivity index (χ4v) is 2.55. The van der Waals surface area contributed by atoms with Gasteiger partial charge < -0.3 is 0 Å². The van der Waals surface area contributed by atoms with Gasteiger partial charge in [0.2, 0.25) is 0 Å². The molecule has 1 saturated carbocycles. The Balaban J connectivity index is 2.18. The normalized spacial score (nSPS) is 25.7. The highest BCUT2D eigenvalue weighted by Gasteiger charge is 2.59. The number of hydrogen-bond acceptors (Lipinski definition) is 0. The van der Waals surface area contributed by atoms with E-state index in [4.69, 9.17) is 0 Å². The second kappa shape index (κ2) is 3.98. The lowest BCUT2D eigenvalue weighted by atomic mass is 9.91. The van der Waals surface area contributed by atoms with Gasteiger partial charge in [-0.15, -0.1) is 0 Å². The van der Waals surface area contributed by atoms with E-state index in [1.807, 2.05) is 6.07 Å². The molecule has 0 saturated heterocycles. The van der Waals surface area contributed by atoms with Crippen molar-refractivity contribution in [3.8, 4) is 11.8 Å². The molecule has 0 heteroatoms. The van der Waals surface area contributed by atoms with Crippen molar-refractivity contribution in [3.05, 3.63) is 35.9 Å². The van der Waals surface area contributed by atoms with Gasteiger partial charge in [-0.3, -0.25) is 0 Å². The maximum atomic E-state index is 3.53. The molecule has 0 amide bonds. The van der Waals surface area contributed by atoms with E-state index in [1.54, 1.807) is 0 Å². The first-order valence-corrected chi connectivity index (χ1v) is 6.18. The first-order valence-electron chi connectivity index (χ1n) is 6.18. The average Bonchev–Trinajstić information content (AvgIpc) is 2.80. The third kappa shape index (κ3) is 2.00. The van der Waals surface area contributed by atoms with Crippen LogP contribution in [0.25, 0.3) is 0 Å². The lowest BCUT2D eigenvalue weighted by molar-refractivity contribution is 0.446. The standard InChI is InChI=1S/C16H20/c1-4-11-16(13-15(16,2)3)12-10-14-8-6-5-7-9-14/h5-9H,4,11,13H2,1-3H3. The van der Waals surface area contributed by atoms with Gasteiger partial charge in [0.25, 0.3) is 0 Å². The lowest BCUT2D eigenvalue weighted by Gasteiger charge is -2.12. The molecule has 1 aliphatic carbocycles. The van der Waals surface area contributed by atoms with Crippen LogP contribution >= 0.6 is 0 Å². The summed E-state index contributed by atoms with van der Waals surface area (Å²) < 4.78 is 0. The molecule has 0 nitrogen and oxygen atoms in total. The molecule has 0 bridgehead atoms. The van der Waals surface area contributed by atoms with Crippen LogP contribution in [0.1, 0.15) is 45.6 Å². The first kappa shape index (κ1) is 11.3. The molecule has 2 rings (SSSR count). The second-order valence-corrected chi connectivity index (χ2v) is 5.51. The third-order valence-electron chi connectivity index (χ3n) is 3.81. The Labute approximate surface area is 99.1 Å². The Bertz CT molecular complexity index is 416. The van der Waals surface area contributed by atoms with Crippen LogP contribution in [0, 0.1) is 22.7 Å². The summed E-state index contributed by atoms with van der Waals surface area (Å²) in [5.74, 6) is 6.87. The highest BCUT2D eigenvalue weighted by atomic mass is 14.6. The summed E-state index contributed by atoms with van der Waals surface area (Å²) in [4.78, 5) is 0. The number of benzene rings is 1. The Kier molecular flexibility index (Phi) is 2.80. The topological polar surface area (TPSA) is 0 Å². The van der Waals surface area contributed by atoms with Crippen LogP contribution in [0.5, 0.6) is 0 Å². The van der Waals surface area contributed by atoms with Crippen molar-refractivity contribution in [3.63, 3.8) is 0 Å². The molecule has 0 spiro atoms. The summed E-state index contributed by atoms with van der Waals surface area (Å²) in [6, 6.07) is 10.3. The molecule has 0 aliphatic heterocycles. The van der Waals surface area contributed by atoms with Crippen LogP contribution in [0.4, 0.5) is 0 Å². The molecule has 1 aliphatic rings. The van der Waals surface area contributed by atoms with Gasteiger partial charge in [0.05, 0.1) is 0 Å². The van der Waals surface area contributed by atoms with E-state index in [0.29, 0.717) is 5.41 Å². The minimum Gasteiger partial charge on any atom is -0.0905 e. The van der Waals surface area contributed by atoms with Gasteiger partial charge in [0.15, 0.2) is 0 Å². The van der Waals surface area contributed by atoms with Crippen LogP contribution in [-0.4, -0.2) is 0 Å². The van der Waals surface area contributed by atoms with Gasteiger partial charge >= 0.3 is 0 Å². The van der Waals surface area contributed by atoms with Crippen LogP contribution in [-0.2, 0) is 0 Å². The molecular weight excluding hydrogens is 192 g/mol.